The summed E-state index contributed by atoms with van der Waals surface area (Å²) in [6.07, 6.45) is 1.53. The van der Waals surface area contributed by atoms with Crippen molar-refractivity contribution in [2.45, 2.75) is 18.4 Å². The standard InChI is InChI=1S/C11H12ClN3O2S2/c1-7-8(6-13)4-9(12)5-10(7)19(16,17)15-11-14-2-3-18-11/h2-5H,6,13H2,1H3,(H,14,15). The Bertz CT molecular complexity index is 684. The number of thiazole rings is 1. The van der Waals surface area contributed by atoms with Gasteiger partial charge in [0, 0.05) is 23.1 Å². The van der Waals surface area contributed by atoms with Gasteiger partial charge in [-0.2, -0.15) is 0 Å². The van der Waals surface area contributed by atoms with Crippen LogP contribution >= 0.6 is 22.9 Å². The highest BCUT2D eigenvalue weighted by molar-refractivity contribution is 7.93. The number of nitrogens with two attached hydrogens (primary N) is 1. The second-order valence-electron chi connectivity index (χ2n) is 3.83. The minimum Gasteiger partial charge on any atom is -0.326 e. The van der Waals surface area contributed by atoms with Crippen molar-refractivity contribution in [2.24, 2.45) is 5.73 Å². The van der Waals surface area contributed by atoms with Gasteiger partial charge in [0.1, 0.15) is 0 Å². The molecule has 0 amide bonds. The molecule has 2 aromatic rings. The van der Waals surface area contributed by atoms with Crippen molar-refractivity contribution < 1.29 is 8.42 Å². The van der Waals surface area contributed by atoms with Gasteiger partial charge in [0.25, 0.3) is 10.0 Å². The molecule has 3 N–H and O–H groups in total. The lowest BCUT2D eigenvalue weighted by Crippen LogP contribution is -2.15. The van der Waals surface area contributed by atoms with Crippen LogP contribution in [-0.4, -0.2) is 13.4 Å². The van der Waals surface area contributed by atoms with Crippen molar-refractivity contribution in [1.29, 1.82) is 0 Å². The quantitative estimate of drug-likeness (QED) is 0.906. The Kier molecular flexibility index (Phi) is 4.10. The number of nitrogens with one attached hydrogen (secondary N) is 1. The second-order valence-corrected chi connectivity index (χ2v) is 6.82. The van der Waals surface area contributed by atoms with E-state index in [-0.39, 0.29) is 11.4 Å². The summed E-state index contributed by atoms with van der Waals surface area (Å²) < 4.78 is 27.0. The average molecular weight is 318 g/mol. The average Bonchev–Trinajstić information content (AvgIpc) is 2.83. The van der Waals surface area contributed by atoms with Gasteiger partial charge in [-0.3, -0.25) is 4.72 Å². The molecule has 0 bridgehead atoms. The molecule has 19 heavy (non-hydrogen) atoms. The van der Waals surface area contributed by atoms with Crippen LogP contribution in [0.2, 0.25) is 5.02 Å². The van der Waals surface area contributed by atoms with Gasteiger partial charge in [0.2, 0.25) is 0 Å². The number of nitrogens with zero attached hydrogens (tertiary/aromatic N) is 1. The molecule has 5 nitrogen and oxygen atoms in total. The molecule has 2 rings (SSSR count). The van der Waals surface area contributed by atoms with Gasteiger partial charge < -0.3 is 5.73 Å². The van der Waals surface area contributed by atoms with Gasteiger partial charge in [0.15, 0.2) is 5.13 Å². The number of hydrogen-bond acceptors (Lipinski definition) is 5. The van der Waals surface area contributed by atoms with Crippen LogP contribution in [0.25, 0.3) is 0 Å². The highest BCUT2D eigenvalue weighted by Crippen LogP contribution is 2.26. The van der Waals surface area contributed by atoms with Gasteiger partial charge in [-0.15, -0.1) is 11.3 Å². The van der Waals surface area contributed by atoms with E-state index in [2.05, 4.69) is 9.71 Å². The molecule has 1 aromatic carbocycles. The van der Waals surface area contributed by atoms with Crippen LogP contribution in [-0.2, 0) is 16.6 Å². The monoisotopic (exact) mass is 317 g/mol. The molecule has 0 atom stereocenters. The Hall–Kier alpha value is -1.15. The summed E-state index contributed by atoms with van der Waals surface area (Å²) in [6, 6.07) is 3.07. The summed E-state index contributed by atoms with van der Waals surface area (Å²) in [5, 5.41) is 2.34. The maximum absolute atomic E-state index is 12.3. The molecule has 8 heteroatoms. The Morgan fingerprint density at radius 1 is 1.47 bits per heavy atom. The molecule has 1 aromatic heterocycles. The summed E-state index contributed by atoms with van der Waals surface area (Å²) in [5.41, 5.74) is 6.88. The van der Waals surface area contributed by atoms with Crippen molar-refractivity contribution >= 4 is 38.1 Å². The zero-order chi connectivity index (χ0) is 14.0. The fraction of sp³-hybridized carbons (Fsp3) is 0.182. The number of rotatable bonds is 4. The van der Waals surface area contributed by atoms with E-state index in [4.69, 9.17) is 17.3 Å². The number of aromatic nitrogens is 1. The van der Waals surface area contributed by atoms with Crippen LogP contribution in [0.5, 0.6) is 0 Å². The Morgan fingerprint density at radius 3 is 2.79 bits per heavy atom. The van der Waals surface area contributed by atoms with E-state index in [9.17, 15) is 8.42 Å². The van der Waals surface area contributed by atoms with Crippen LogP contribution in [0, 0.1) is 6.92 Å². The fourth-order valence-corrected chi connectivity index (χ4v) is 4.05. The highest BCUT2D eigenvalue weighted by atomic mass is 35.5. The third kappa shape index (κ3) is 3.06. The molecule has 0 spiro atoms. The number of hydrogen-bond donors (Lipinski definition) is 2. The summed E-state index contributed by atoms with van der Waals surface area (Å²) in [7, 11) is -3.71. The zero-order valence-electron chi connectivity index (χ0n) is 10.1. The number of halogens is 1. The van der Waals surface area contributed by atoms with Crippen LogP contribution in [0.1, 0.15) is 11.1 Å². The molecular formula is C11H12ClN3O2S2. The van der Waals surface area contributed by atoms with E-state index in [0.717, 1.165) is 0 Å². The predicted molar refractivity (Wildman–Crippen MR) is 77.0 cm³/mol. The zero-order valence-corrected chi connectivity index (χ0v) is 12.4. The van der Waals surface area contributed by atoms with E-state index in [1.807, 2.05) is 0 Å². The van der Waals surface area contributed by atoms with Crippen molar-refractivity contribution in [3.63, 3.8) is 0 Å². The van der Waals surface area contributed by atoms with Crippen molar-refractivity contribution in [3.8, 4) is 0 Å². The van der Waals surface area contributed by atoms with Crippen molar-refractivity contribution in [3.05, 3.63) is 39.9 Å². The van der Waals surface area contributed by atoms with Gasteiger partial charge in [0.05, 0.1) is 4.90 Å². The van der Waals surface area contributed by atoms with Crippen molar-refractivity contribution in [1.82, 2.24) is 4.98 Å². The number of benzene rings is 1. The first-order valence-electron chi connectivity index (χ1n) is 5.35. The van der Waals surface area contributed by atoms with E-state index >= 15 is 0 Å². The van der Waals surface area contributed by atoms with E-state index in [1.54, 1.807) is 18.4 Å². The summed E-state index contributed by atoms with van der Waals surface area (Å²) in [5.74, 6) is 0. The molecule has 0 saturated heterocycles. The van der Waals surface area contributed by atoms with Crippen LogP contribution in [0.4, 0.5) is 5.13 Å². The van der Waals surface area contributed by atoms with Crippen molar-refractivity contribution in [2.75, 3.05) is 4.72 Å². The first-order valence-corrected chi connectivity index (χ1v) is 8.09. The SMILES string of the molecule is Cc1c(CN)cc(Cl)cc1S(=O)(=O)Nc1nccs1. The Morgan fingerprint density at radius 2 is 2.21 bits per heavy atom. The lowest BCUT2D eigenvalue weighted by atomic mass is 10.1. The normalized spacial score (nSPS) is 11.5. The highest BCUT2D eigenvalue weighted by Gasteiger charge is 2.20. The lowest BCUT2D eigenvalue weighted by Gasteiger charge is -2.12. The second kappa shape index (κ2) is 5.46. The molecule has 0 aliphatic carbocycles. The Balaban J connectivity index is 2.48. The first-order chi connectivity index (χ1) is 8.94. The topological polar surface area (TPSA) is 85.1 Å². The minimum atomic E-state index is -3.71. The van der Waals surface area contributed by atoms with E-state index in [0.29, 0.717) is 21.3 Å². The molecule has 0 radical (unpaired) electrons. The first kappa shape index (κ1) is 14.3. The molecule has 0 fully saturated rings. The molecule has 0 unspecified atom stereocenters. The smallest absolute Gasteiger partial charge is 0.263 e. The summed E-state index contributed by atoms with van der Waals surface area (Å²) in [4.78, 5) is 4.01. The molecule has 1 heterocycles. The third-order valence-corrected chi connectivity index (χ3v) is 5.10. The van der Waals surface area contributed by atoms with Crippen LogP contribution in [0.3, 0.4) is 0 Å². The summed E-state index contributed by atoms with van der Waals surface area (Å²) >= 11 is 7.13. The van der Waals surface area contributed by atoms with Gasteiger partial charge >= 0.3 is 0 Å². The van der Waals surface area contributed by atoms with Gasteiger partial charge in [-0.25, -0.2) is 13.4 Å². The minimum absolute atomic E-state index is 0.121. The molecule has 102 valence electrons. The predicted octanol–water partition coefficient (Wildman–Crippen LogP) is 2.36. The lowest BCUT2D eigenvalue weighted by molar-refractivity contribution is 0.600. The largest absolute Gasteiger partial charge is 0.326 e. The number of anilines is 1. The third-order valence-electron chi connectivity index (χ3n) is 2.60. The molecule has 0 saturated carbocycles. The van der Waals surface area contributed by atoms with E-state index < -0.39 is 10.0 Å². The molecule has 0 aliphatic heterocycles. The summed E-state index contributed by atoms with van der Waals surface area (Å²) in [6.45, 7) is 1.93. The van der Waals surface area contributed by atoms with Crippen LogP contribution in [0.15, 0.2) is 28.6 Å². The fourth-order valence-electron chi connectivity index (χ4n) is 1.64. The van der Waals surface area contributed by atoms with Crippen LogP contribution < -0.4 is 10.5 Å². The maximum Gasteiger partial charge on any atom is 0.263 e. The van der Waals surface area contributed by atoms with E-state index in [1.165, 1.54) is 23.6 Å². The molecule has 0 aliphatic rings. The van der Waals surface area contributed by atoms with Gasteiger partial charge in [-0.05, 0) is 30.2 Å². The number of sulfonamides is 1. The molecular weight excluding hydrogens is 306 g/mol. The Labute approximate surface area is 120 Å². The van der Waals surface area contributed by atoms with Gasteiger partial charge in [-0.1, -0.05) is 11.6 Å². The maximum atomic E-state index is 12.3.